The van der Waals surface area contributed by atoms with Crippen LogP contribution in [0.3, 0.4) is 0 Å². The van der Waals surface area contributed by atoms with Crippen molar-refractivity contribution in [1.82, 2.24) is 0 Å². The van der Waals surface area contributed by atoms with Crippen LogP contribution in [-0.4, -0.2) is 18.4 Å². The van der Waals surface area contributed by atoms with Gasteiger partial charge in [0.05, 0.1) is 13.0 Å². The first-order chi connectivity index (χ1) is 8.52. The summed E-state index contributed by atoms with van der Waals surface area (Å²) in [6, 6.07) is 3.88. The van der Waals surface area contributed by atoms with Crippen molar-refractivity contribution < 1.29 is 18.7 Å². The molecule has 0 amide bonds. The first kappa shape index (κ1) is 14.6. The minimum absolute atomic E-state index is 0.0610. The Morgan fingerprint density at radius 1 is 1.33 bits per heavy atom. The molecule has 0 spiro atoms. The van der Waals surface area contributed by atoms with Gasteiger partial charge in [-0.2, -0.15) is 0 Å². The number of ketones is 1. The minimum Gasteiger partial charge on any atom is -0.466 e. The van der Waals surface area contributed by atoms with E-state index in [2.05, 4.69) is 0 Å². The van der Waals surface area contributed by atoms with Crippen LogP contribution >= 0.6 is 11.6 Å². The third-order valence-corrected chi connectivity index (χ3v) is 2.67. The van der Waals surface area contributed by atoms with E-state index >= 15 is 0 Å². The van der Waals surface area contributed by atoms with Crippen molar-refractivity contribution in [1.29, 1.82) is 0 Å². The summed E-state index contributed by atoms with van der Waals surface area (Å²) in [4.78, 5) is 22.7. The number of hydrogen-bond acceptors (Lipinski definition) is 3. The van der Waals surface area contributed by atoms with Crippen molar-refractivity contribution in [2.24, 2.45) is 0 Å². The molecule has 0 aliphatic rings. The molecule has 0 fully saturated rings. The van der Waals surface area contributed by atoms with Gasteiger partial charge in [0, 0.05) is 17.9 Å². The normalized spacial score (nSPS) is 10.2. The summed E-state index contributed by atoms with van der Waals surface area (Å²) in [5, 5.41) is 0.222. The minimum atomic E-state index is -0.442. The molecule has 0 aliphatic heterocycles. The second-order valence-corrected chi connectivity index (χ2v) is 4.16. The summed E-state index contributed by atoms with van der Waals surface area (Å²) in [7, 11) is 0. The molecule has 1 aromatic carbocycles. The largest absolute Gasteiger partial charge is 0.466 e. The molecular weight excluding hydrogens is 259 g/mol. The van der Waals surface area contributed by atoms with Crippen LogP contribution in [0.5, 0.6) is 0 Å². The Bertz CT molecular complexity index is 446. The molecule has 0 radical (unpaired) electrons. The lowest BCUT2D eigenvalue weighted by atomic mass is 10.1. The van der Waals surface area contributed by atoms with Crippen LogP contribution in [0.1, 0.15) is 25.3 Å². The molecule has 0 saturated heterocycles. The fourth-order valence-electron chi connectivity index (χ4n) is 1.44. The number of ether oxygens (including phenoxy) is 1. The van der Waals surface area contributed by atoms with Crippen molar-refractivity contribution in [3.05, 3.63) is 34.6 Å². The maximum atomic E-state index is 12.8. The van der Waals surface area contributed by atoms with E-state index in [-0.39, 0.29) is 30.1 Å². The maximum absolute atomic E-state index is 12.8. The highest BCUT2D eigenvalue weighted by Crippen LogP contribution is 2.18. The second-order valence-electron chi connectivity index (χ2n) is 3.76. The molecule has 0 saturated carbocycles. The molecule has 0 atom stereocenters. The molecule has 5 heteroatoms. The average molecular weight is 273 g/mol. The topological polar surface area (TPSA) is 43.4 Å². The molecule has 1 rings (SSSR count). The van der Waals surface area contributed by atoms with Crippen molar-refractivity contribution in [3.8, 4) is 0 Å². The molecule has 3 nitrogen and oxygen atoms in total. The molecule has 98 valence electrons. The van der Waals surface area contributed by atoms with Gasteiger partial charge in [0.15, 0.2) is 0 Å². The van der Waals surface area contributed by atoms with E-state index in [9.17, 15) is 14.0 Å². The first-order valence-electron chi connectivity index (χ1n) is 5.64. The van der Waals surface area contributed by atoms with Crippen LogP contribution in [0.25, 0.3) is 0 Å². The summed E-state index contributed by atoms with van der Waals surface area (Å²) in [6.45, 7) is 2.01. The third kappa shape index (κ3) is 4.84. The monoisotopic (exact) mass is 272 g/mol. The van der Waals surface area contributed by atoms with Crippen LogP contribution in [0.4, 0.5) is 4.39 Å². The third-order valence-electron chi connectivity index (χ3n) is 2.32. The standard InChI is InChI=1S/C13H14ClFO3/c1-2-18-13(17)6-5-11(16)7-9-3-4-10(15)8-12(9)14/h3-4,8H,2,5-7H2,1H3. The highest BCUT2D eigenvalue weighted by molar-refractivity contribution is 6.31. The van der Waals surface area contributed by atoms with Crippen molar-refractivity contribution >= 4 is 23.4 Å². The van der Waals surface area contributed by atoms with E-state index in [1.807, 2.05) is 0 Å². The predicted octanol–water partition coefficient (Wildman–Crippen LogP) is 2.93. The highest BCUT2D eigenvalue weighted by atomic mass is 35.5. The van der Waals surface area contributed by atoms with Gasteiger partial charge in [0.25, 0.3) is 0 Å². The number of halogens is 2. The SMILES string of the molecule is CCOC(=O)CCC(=O)Cc1ccc(F)cc1Cl. The Hall–Kier alpha value is -1.42. The molecule has 18 heavy (non-hydrogen) atoms. The van der Waals surface area contributed by atoms with E-state index in [0.29, 0.717) is 12.2 Å². The summed E-state index contributed by atoms with van der Waals surface area (Å²) in [5.41, 5.74) is 0.562. The van der Waals surface area contributed by atoms with Gasteiger partial charge in [0.1, 0.15) is 11.6 Å². The summed E-state index contributed by atoms with van der Waals surface area (Å²) in [6.07, 6.45) is 0.260. The molecule has 0 aromatic heterocycles. The Kier molecular flexibility index (Phi) is 5.78. The fraction of sp³-hybridized carbons (Fsp3) is 0.385. The van der Waals surface area contributed by atoms with Gasteiger partial charge in [-0.25, -0.2) is 4.39 Å². The Labute approximate surface area is 110 Å². The number of benzene rings is 1. The first-order valence-corrected chi connectivity index (χ1v) is 6.02. The zero-order valence-corrected chi connectivity index (χ0v) is 10.8. The molecule has 1 aromatic rings. The lowest BCUT2D eigenvalue weighted by Gasteiger charge is -2.04. The van der Waals surface area contributed by atoms with E-state index in [1.165, 1.54) is 12.1 Å². The van der Waals surface area contributed by atoms with Gasteiger partial charge < -0.3 is 4.74 Å². The maximum Gasteiger partial charge on any atom is 0.306 e. The summed E-state index contributed by atoms with van der Waals surface area (Å²) < 4.78 is 17.5. The van der Waals surface area contributed by atoms with Crippen LogP contribution in [-0.2, 0) is 20.7 Å². The summed E-state index contributed by atoms with van der Waals surface area (Å²) >= 11 is 5.80. The Morgan fingerprint density at radius 2 is 2.06 bits per heavy atom. The zero-order valence-electron chi connectivity index (χ0n) is 10.0. The number of rotatable bonds is 6. The van der Waals surface area contributed by atoms with E-state index < -0.39 is 11.8 Å². The number of Topliss-reactive ketones (excluding diaryl/α,β-unsaturated/α-hetero) is 1. The smallest absolute Gasteiger partial charge is 0.306 e. The zero-order chi connectivity index (χ0) is 13.5. The number of hydrogen-bond donors (Lipinski definition) is 0. The number of carbonyl (C=O) groups is 2. The Balaban J connectivity index is 2.47. The van der Waals surface area contributed by atoms with Crippen molar-refractivity contribution in [2.75, 3.05) is 6.61 Å². The van der Waals surface area contributed by atoms with Gasteiger partial charge >= 0.3 is 5.97 Å². The lowest BCUT2D eigenvalue weighted by Crippen LogP contribution is -2.09. The predicted molar refractivity (Wildman–Crippen MR) is 66.0 cm³/mol. The van der Waals surface area contributed by atoms with Gasteiger partial charge in [-0.3, -0.25) is 9.59 Å². The van der Waals surface area contributed by atoms with Gasteiger partial charge in [-0.05, 0) is 24.6 Å². The molecule has 0 unspecified atom stereocenters. The van der Waals surface area contributed by atoms with Crippen LogP contribution in [0.15, 0.2) is 18.2 Å². The summed E-state index contributed by atoms with van der Waals surface area (Å²) in [5.74, 6) is -0.963. The van der Waals surface area contributed by atoms with Crippen molar-refractivity contribution in [3.63, 3.8) is 0 Å². The molecule has 0 N–H and O–H groups in total. The quantitative estimate of drug-likeness (QED) is 0.748. The Morgan fingerprint density at radius 3 is 2.67 bits per heavy atom. The van der Waals surface area contributed by atoms with Gasteiger partial charge in [-0.15, -0.1) is 0 Å². The van der Waals surface area contributed by atoms with Gasteiger partial charge in [0.2, 0.25) is 0 Å². The van der Waals surface area contributed by atoms with Crippen LogP contribution in [0.2, 0.25) is 5.02 Å². The molecule has 0 aliphatic carbocycles. The highest BCUT2D eigenvalue weighted by Gasteiger charge is 2.10. The number of esters is 1. The van der Waals surface area contributed by atoms with E-state index in [1.54, 1.807) is 6.92 Å². The molecule has 0 bridgehead atoms. The molecule has 0 heterocycles. The average Bonchev–Trinajstić information content (AvgIpc) is 2.31. The van der Waals surface area contributed by atoms with Crippen LogP contribution in [0, 0.1) is 5.82 Å². The van der Waals surface area contributed by atoms with Crippen molar-refractivity contribution in [2.45, 2.75) is 26.2 Å². The van der Waals surface area contributed by atoms with E-state index in [0.717, 1.165) is 6.07 Å². The lowest BCUT2D eigenvalue weighted by molar-refractivity contribution is -0.144. The second kappa shape index (κ2) is 7.11. The van der Waals surface area contributed by atoms with E-state index in [4.69, 9.17) is 16.3 Å². The molecular formula is C13H14ClFO3. The van der Waals surface area contributed by atoms with Crippen LogP contribution < -0.4 is 0 Å². The number of carbonyl (C=O) groups excluding carboxylic acids is 2. The fourth-order valence-corrected chi connectivity index (χ4v) is 1.67. The van der Waals surface area contributed by atoms with Gasteiger partial charge in [-0.1, -0.05) is 17.7 Å².